The molecule has 5 nitrogen and oxygen atoms in total. The van der Waals surface area contributed by atoms with Crippen molar-refractivity contribution in [1.82, 2.24) is 19.7 Å². The highest BCUT2D eigenvalue weighted by molar-refractivity contribution is 7.11. The highest BCUT2D eigenvalue weighted by Crippen LogP contribution is 2.27. The number of hydrogen-bond acceptors (Lipinski definition) is 4. The van der Waals surface area contributed by atoms with Crippen LogP contribution >= 0.6 is 11.3 Å². The third-order valence-electron chi connectivity index (χ3n) is 3.83. The molecular weight excluding hydrogens is 284 g/mol. The molecule has 0 spiro atoms. The van der Waals surface area contributed by atoms with Crippen LogP contribution in [0.3, 0.4) is 0 Å². The fourth-order valence-corrected chi connectivity index (χ4v) is 3.96. The van der Waals surface area contributed by atoms with E-state index in [1.54, 1.807) is 28.0 Å². The summed E-state index contributed by atoms with van der Waals surface area (Å²) in [5.74, 6) is -0.00808. The Morgan fingerprint density at radius 3 is 2.86 bits per heavy atom. The average molecular weight is 304 g/mol. The maximum absolute atomic E-state index is 12.5. The summed E-state index contributed by atoms with van der Waals surface area (Å²) in [5, 5.41) is 5.27. The molecule has 0 unspecified atom stereocenters. The lowest BCUT2D eigenvalue weighted by Gasteiger charge is -2.15. The van der Waals surface area contributed by atoms with E-state index in [4.69, 9.17) is 4.98 Å². The minimum Gasteiger partial charge on any atom is -0.334 e. The predicted molar refractivity (Wildman–Crippen MR) is 82.5 cm³/mol. The van der Waals surface area contributed by atoms with E-state index in [1.165, 1.54) is 23.4 Å². The van der Waals surface area contributed by atoms with E-state index in [0.717, 1.165) is 23.5 Å². The van der Waals surface area contributed by atoms with Crippen molar-refractivity contribution < 1.29 is 4.79 Å². The second-order valence-corrected chi connectivity index (χ2v) is 6.81. The molecule has 0 saturated carbocycles. The number of aryl methyl sites for hydroxylation is 4. The molecule has 0 bridgehead atoms. The van der Waals surface area contributed by atoms with E-state index in [1.807, 2.05) is 20.0 Å². The number of nitrogens with zero attached hydrogens (tertiary/aromatic N) is 4. The molecule has 1 aliphatic carbocycles. The lowest BCUT2D eigenvalue weighted by Crippen LogP contribution is -2.28. The molecule has 1 aliphatic rings. The van der Waals surface area contributed by atoms with Gasteiger partial charge >= 0.3 is 0 Å². The van der Waals surface area contributed by atoms with Gasteiger partial charge in [0.05, 0.1) is 17.9 Å². The number of aromatic nitrogens is 3. The smallest absolute Gasteiger partial charge is 0.272 e. The van der Waals surface area contributed by atoms with E-state index in [0.29, 0.717) is 12.2 Å². The van der Waals surface area contributed by atoms with Gasteiger partial charge in [0.15, 0.2) is 0 Å². The predicted octanol–water partition coefficient (Wildman–Crippen LogP) is 2.34. The molecule has 0 fully saturated rings. The molecule has 6 heteroatoms. The monoisotopic (exact) mass is 304 g/mol. The van der Waals surface area contributed by atoms with Gasteiger partial charge in [-0.2, -0.15) is 5.10 Å². The van der Waals surface area contributed by atoms with Crippen molar-refractivity contribution in [2.24, 2.45) is 7.05 Å². The molecule has 3 rings (SSSR count). The first kappa shape index (κ1) is 14.3. The van der Waals surface area contributed by atoms with Crippen LogP contribution < -0.4 is 0 Å². The van der Waals surface area contributed by atoms with Crippen LogP contribution in [0, 0.1) is 6.92 Å². The normalized spacial score (nSPS) is 14.0. The van der Waals surface area contributed by atoms with Gasteiger partial charge in [0, 0.05) is 19.0 Å². The fraction of sp³-hybridized carbons (Fsp3) is 0.533. The van der Waals surface area contributed by atoms with Crippen LogP contribution in [0.5, 0.6) is 0 Å². The first-order valence-corrected chi connectivity index (χ1v) is 8.10. The number of amides is 1. The van der Waals surface area contributed by atoms with Crippen LogP contribution in [-0.2, 0) is 26.4 Å². The number of rotatable bonds is 3. The number of carbonyl (C=O) groups excluding carboxylic acids is 1. The molecule has 2 aromatic rings. The van der Waals surface area contributed by atoms with Crippen LogP contribution in [0.4, 0.5) is 0 Å². The molecule has 0 radical (unpaired) electrons. The van der Waals surface area contributed by atoms with Gasteiger partial charge < -0.3 is 4.90 Å². The number of thiazole rings is 1. The summed E-state index contributed by atoms with van der Waals surface area (Å²) in [6.45, 7) is 2.46. The molecule has 2 heterocycles. The van der Waals surface area contributed by atoms with Crippen molar-refractivity contribution in [3.8, 4) is 0 Å². The lowest BCUT2D eigenvalue weighted by molar-refractivity contribution is 0.0774. The molecular formula is C15H20N4OS. The Kier molecular flexibility index (Phi) is 3.80. The van der Waals surface area contributed by atoms with Gasteiger partial charge in [-0.25, -0.2) is 4.98 Å². The van der Waals surface area contributed by atoms with E-state index < -0.39 is 0 Å². The number of carbonyl (C=O) groups is 1. The van der Waals surface area contributed by atoms with E-state index >= 15 is 0 Å². The summed E-state index contributed by atoms with van der Waals surface area (Å²) in [5.41, 5.74) is 2.73. The first-order valence-electron chi connectivity index (χ1n) is 7.28. The second kappa shape index (κ2) is 5.60. The minimum atomic E-state index is -0.00808. The first-order chi connectivity index (χ1) is 10.0. The fourth-order valence-electron chi connectivity index (χ4n) is 2.75. The van der Waals surface area contributed by atoms with Gasteiger partial charge in [0.1, 0.15) is 10.7 Å². The SMILES string of the molecule is Cc1cc(C(=O)N(C)Cc2nc3c(s2)CCCC3)n(C)n1. The van der Waals surface area contributed by atoms with Gasteiger partial charge in [-0.15, -0.1) is 11.3 Å². The van der Waals surface area contributed by atoms with Crippen LogP contribution in [-0.4, -0.2) is 32.6 Å². The second-order valence-electron chi connectivity index (χ2n) is 5.64. The Bertz CT molecular complexity index is 650. The van der Waals surface area contributed by atoms with Crippen molar-refractivity contribution in [1.29, 1.82) is 0 Å². The van der Waals surface area contributed by atoms with Crippen LogP contribution in [0.25, 0.3) is 0 Å². The zero-order chi connectivity index (χ0) is 15.0. The molecule has 2 aromatic heterocycles. The zero-order valence-corrected chi connectivity index (χ0v) is 13.5. The Labute approximate surface area is 128 Å². The highest BCUT2D eigenvalue weighted by Gasteiger charge is 2.20. The van der Waals surface area contributed by atoms with Gasteiger partial charge in [-0.1, -0.05) is 0 Å². The van der Waals surface area contributed by atoms with E-state index in [2.05, 4.69) is 5.10 Å². The number of fused-ring (bicyclic) bond motifs is 1. The molecule has 112 valence electrons. The molecule has 1 amide bonds. The maximum Gasteiger partial charge on any atom is 0.272 e. The summed E-state index contributed by atoms with van der Waals surface area (Å²) in [7, 11) is 3.63. The molecule has 0 N–H and O–H groups in total. The Morgan fingerprint density at radius 2 is 2.19 bits per heavy atom. The lowest BCUT2D eigenvalue weighted by atomic mass is 10.0. The van der Waals surface area contributed by atoms with E-state index in [-0.39, 0.29) is 5.91 Å². The largest absolute Gasteiger partial charge is 0.334 e. The molecule has 21 heavy (non-hydrogen) atoms. The molecule has 0 atom stereocenters. The molecule has 0 aliphatic heterocycles. The average Bonchev–Trinajstić information content (AvgIpc) is 3.00. The van der Waals surface area contributed by atoms with E-state index in [9.17, 15) is 4.79 Å². The van der Waals surface area contributed by atoms with Gasteiger partial charge in [-0.05, 0) is 38.7 Å². The van der Waals surface area contributed by atoms with Gasteiger partial charge in [0.2, 0.25) is 0 Å². The van der Waals surface area contributed by atoms with Crippen LogP contribution in [0.1, 0.15) is 44.6 Å². The molecule has 0 aromatic carbocycles. The molecule has 0 saturated heterocycles. The zero-order valence-electron chi connectivity index (χ0n) is 12.7. The van der Waals surface area contributed by atoms with Crippen molar-refractivity contribution in [2.75, 3.05) is 7.05 Å². The van der Waals surface area contributed by atoms with Gasteiger partial charge in [0.25, 0.3) is 5.91 Å². The third kappa shape index (κ3) is 2.85. The Hall–Kier alpha value is -1.69. The third-order valence-corrected chi connectivity index (χ3v) is 4.97. The topological polar surface area (TPSA) is 51.0 Å². The maximum atomic E-state index is 12.5. The summed E-state index contributed by atoms with van der Waals surface area (Å²) in [6, 6.07) is 1.83. The minimum absolute atomic E-state index is 0.00808. The summed E-state index contributed by atoms with van der Waals surface area (Å²) in [4.78, 5) is 20.3. The summed E-state index contributed by atoms with van der Waals surface area (Å²) in [6.07, 6.45) is 4.73. The van der Waals surface area contributed by atoms with Crippen molar-refractivity contribution >= 4 is 17.2 Å². The van der Waals surface area contributed by atoms with Crippen molar-refractivity contribution in [3.63, 3.8) is 0 Å². The van der Waals surface area contributed by atoms with Crippen molar-refractivity contribution in [2.45, 2.75) is 39.2 Å². The summed E-state index contributed by atoms with van der Waals surface area (Å²) < 4.78 is 1.64. The highest BCUT2D eigenvalue weighted by atomic mass is 32.1. The standard InChI is InChI=1S/C15H20N4OS/c1-10-8-12(19(3)17-10)15(20)18(2)9-14-16-11-6-4-5-7-13(11)21-14/h8H,4-7,9H2,1-3H3. The Balaban J connectivity index is 1.73. The van der Waals surface area contributed by atoms with Crippen LogP contribution in [0.15, 0.2) is 6.07 Å². The quantitative estimate of drug-likeness (QED) is 0.874. The van der Waals surface area contributed by atoms with Gasteiger partial charge in [-0.3, -0.25) is 9.48 Å². The summed E-state index contributed by atoms with van der Waals surface area (Å²) >= 11 is 1.76. The number of hydrogen-bond donors (Lipinski definition) is 0. The van der Waals surface area contributed by atoms with Crippen LogP contribution in [0.2, 0.25) is 0 Å². The Morgan fingerprint density at radius 1 is 1.43 bits per heavy atom. The van der Waals surface area contributed by atoms with Crippen molar-refractivity contribution in [3.05, 3.63) is 33.0 Å².